The number of ether oxygens (including phenoxy) is 1. The Morgan fingerprint density at radius 1 is 1.41 bits per heavy atom. The molecule has 4 nitrogen and oxygen atoms in total. The Balaban J connectivity index is 3.01. The quantitative estimate of drug-likeness (QED) is 0.621. The van der Waals surface area contributed by atoms with Crippen LogP contribution in [0, 0.1) is 18.8 Å². The second-order valence-electron chi connectivity index (χ2n) is 3.39. The molecular formula is C13H12O4. The van der Waals surface area contributed by atoms with Gasteiger partial charge in [0.1, 0.15) is 6.42 Å². The largest absolute Gasteiger partial charge is 0.481 e. The van der Waals surface area contributed by atoms with E-state index in [2.05, 4.69) is 16.6 Å². The van der Waals surface area contributed by atoms with E-state index in [1.807, 2.05) is 6.92 Å². The van der Waals surface area contributed by atoms with Crippen LogP contribution in [0.1, 0.15) is 27.9 Å². The van der Waals surface area contributed by atoms with Gasteiger partial charge in [0, 0.05) is 5.56 Å². The van der Waals surface area contributed by atoms with Crippen molar-refractivity contribution in [2.45, 2.75) is 13.3 Å². The molecule has 88 valence electrons. The number of hydrogen-bond donors (Lipinski definition) is 1. The fourth-order valence-electron chi connectivity index (χ4n) is 1.22. The lowest BCUT2D eigenvalue weighted by Gasteiger charge is -2.02. The highest BCUT2D eigenvalue weighted by molar-refractivity contribution is 5.89. The maximum Gasteiger partial charge on any atom is 0.337 e. The molecule has 1 aromatic carbocycles. The lowest BCUT2D eigenvalue weighted by molar-refractivity contribution is -0.135. The summed E-state index contributed by atoms with van der Waals surface area (Å²) in [5.74, 6) is 3.84. The molecule has 4 heteroatoms. The molecule has 0 heterocycles. The van der Waals surface area contributed by atoms with Gasteiger partial charge in [-0.15, -0.1) is 0 Å². The number of aryl methyl sites for hydroxylation is 1. The normalized spacial score (nSPS) is 9.06. The van der Waals surface area contributed by atoms with Gasteiger partial charge in [-0.05, 0) is 24.6 Å². The van der Waals surface area contributed by atoms with Crippen molar-refractivity contribution in [3.05, 3.63) is 34.9 Å². The summed E-state index contributed by atoms with van der Waals surface area (Å²) in [6, 6.07) is 4.98. The Labute approximate surface area is 99.2 Å². The van der Waals surface area contributed by atoms with Crippen molar-refractivity contribution in [1.82, 2.24) is 0 Å². The van der Waals surface area contributed by atoms with Crippen molar-refractivity contribution < 1.29 is 19.4 Å². The van der Waals surface area contributed by atoms with Gasteiger partial charge in [0.15, 0.2) is 0 Å². The minimum absolute atomic E-state index is 0.220. The van der Waals surface area contributed by atoms with Crippen molar-refractivity contribution in [2.75, 3.05) is 7.11 Å². The van der Waals surface area contributed by atoms with E-state index >= 15 is 0 Å². The smallest absolute Gasteiger partial charge is 0.337 e. The summed E-state index contributed by atoms with van der Waals surface area (Å²) < 4.78 is 4.59. The number of carboxylic acids is 1. The number of hydrogen-bond acceptors (Lipinski definition) is 3. The fourth-order valence-corrected chi connectivity index (χ4v) is 1.22. The highest BCUT2D eigenvalue weighted by atomic mass is 16.5. The van der Waals surface area contributed by atoms with E-state index < -0.39 is 11.9 Å². The third-order valence-electron chi connectivity index (χ3n) is 2.12. The Kier molecular flexibility index (Phi) is 4.29. The summed E-state index contributed by atoms with van der Waals surface area (Å²) in [6.45, 7) is 1.84. The molecule has 0 spiro atoms. The first-order chi connectivity index (χ1) is 8.04. The van der Waals surface area contributed by atoms with Crippen LogP contribution in [0.15, 0.2) is 18.2 Å². The summed E-state index contributed by atoms with van der Waals surface area (Å²) in [5.41, 5.74) is 1.92. The van der Waals surface area contributed by atoms with E-state index in [0.29, 0.717) is 11.1 Å². The van der Waals surface area contributed by atoms with Crippen LogP contribution in [0.3, 0.4) is 0 Å². The van der Waals surface area contributed by atoms with E-state index in [1.165, 1.54) is 7.11 Å². The van der Waals surface area contributed by atoms with Gasteiger partial charge >= 0.3 is 11.9 Å². The molecule has 0 aromatic heterocycles. The number of rotatable bonds is 2. The molecule has 0 amide bonds. The van der Waals surface area contributed by atoms with Gasteiger partial charge in [-0.1, -0.05) is 17.9 Å². The Hall–Kier alpha value is -2.28. The Morgan fingerprint density at radius 2 is 2.12 bits per heavy atom. The maximum atomic E-state index is 11.3. The van der Waals surface area contributed by atoms with Gasteiger partial charge in [-0.25, -0.2) is 4.79 Å². The van der Waals surface area contributed by atoms with Crippen molar-refractivity contribution in [1.29, 1.82) is 0 Å². The van der Waals surface area contributed by atoms with Gasteiger partial charge in [0.2, 0.25) is 0 Å². The number of benzene rings is 1. The van der Waals surface area contributed by atoms with E-state index in [1.54, 1.807) is 18.2 Å². The van der Waals surface area contributed by atoms with E-state index in [-0.39, 0.29) is 6.42 Å². The second-order valence-corrected chi connectivity index (χ2v) is 3.39. The van der Waals surface area contributed by atoms with Crippen LogP contribution in [0.5, 0.6) is 0 Å². The van der Waals surface area contributed by atoms with E-state index in [9.17, 15) is 9.59 Å². The molecule has 0 saturated carbocycles. The average Bonchev–Trinajstić information content (AvgIpc) is 2.30. The van der Waals surface area contributed by atoms with Crippen LogP contribution in [-0.4, -0.2) is 24.2 Å². The summed E-state index contributed by atoms with van der Waals surface area (Å²) in [7, 11) is 1.30. The first-order valence-electron chi connectivity index (χ1n) is 4.94. The molecule has 0 saturated heterocycles. The molecule has 1 aromatic rings. The third-order valence-corrected chi connectivity index (χ3v) is 2.12. The van der Waals surface area contributed by atoms with Gasteiger partial charge in [-0.3, -0.25) is 4.79 Å². The predicted molar refractivity (Wildman–Crippen MR) is 61.6 cm³/mol. The molecule has 1 rings (SSSR count). The third kappa shape index (κ3) is 3.65. The molecule has 0 unspecified atom stereocenters. The van der Waals surface area contributed by atoms with Crippen molar-refractivity contribution in [3.8, 4) is 11.8 Å². The molecule has 0 atom stereocenters. The summed E-state index contributed by atoms with van der Waals surface area (Å²) >= 11 is 0. The van der Waals surface area contributed by atoms with Gasteiger partial charge in [0.05, 0.1) is 12.7 Å². The van der Waals surface area contributed by atoms with Crippen LogP contribution in [0.2, 0.25) is 0 Å². The lowest BCUT2D eigenvalue weighted by atomic mass is 10.1. The number of carbonyl (C=O) groups is 2. The van der Waals surface area contributed by atoms with Crippen LogP contribution in [0.25, 0.3) is 0 Å². The average molecular weight is 232 g/mol. The highest BCUT2D eigenvalue weighted by Gasteiger charge is 2.06. The Morgan fingerprint density at radius 3 is 2.71 bits per heavy atom. The first kappa shape index (κ1) is 12.8. The second kappa shape index (κ2) is 5.71. The number of aliphatic carboxylic acids is 1. The number of esters is 1. The fraction of sp³-hybridized carbons (Fsp3) is 0.231. The van der Waals surface area contributed by atoms with Crippen molar-refractivity contribution in [3.63, 3.8) is 0 Å². The van der Waals surface area contributed by atoms with Crippen LogP contribution in [-0.2, 0) is 9.53 Å². The van der Waals surface area contributed by atoms with Gasteiger partial charge < -0.3 is 9.84 Å². The SMILES string of the molecule is COC(=O)c1ccc(C)c(C#CCC(=O)O)c1. The lowest BCUT2D eigenvalue weighted by Crippen LogP contribution is -2.01. The topological polar surface area (TPSA) is 63.6 Å². The summed E-state index contributed by atoms with van der Waals surface area (Å²) in [4.78, 5) is 21.6. The number of carboxylic acid groups (broad SMARTS) is 1. The van der Waals surface area contributed by atoms with E-state index in [0.717, 1.165) is 5.56 Å². The predicted octanol–water partition coefficient (Wildman–Crippen LogP) is 1.61. The zero-order valence-corrected chi connectivity index (χ0v) is 9.61. The molecule has 0 aliphatic heterocycles. The van der Waals surface area contributed by atoms with Gasteiger partial charge in [-0.2, -0.15) is 0 Å². The zero-order valence-electron chi connectivity index (χ0n) is 9.61. The van der Waals surface area contributed by atoms with Crippen molar-refractivity contribution in [2.24, 2.45) is 0 Å². The van der Waals surface area contributed by atoms with E-state index in [4.69, 9.17) is 5.11 Å². The van der Waals surface area contributed by atoms with Crippen LogP contribution < -0.4 is 0 Å². The zero-order chi connectivity index (χ0) is 12.8. The van der Waals surface area contributed by atoms with Crippen LogP contribution in [0.4, 0.5) is 0 Å². The van der Waals surface area contributed by atoms with Crippen molar-refractivity contribution >= 4 is 11.9 Å². The number of carbonyl (C=O) groups excluding carboxylic acids is 1. The standard InChI is InChI=1S/C13H12O4/c1-9-6-7-11(13(16)17-2)8-10(9)4-3-5-12(14)15/h6-8H,5H2,1-2H3,(H,14,15). The molecule has 0 radical (unpaired) electrons. The molecule has 1 N–H and O–H groups in total. The summed E-state index contributed by atoms with van der Waals surface area (Å²) in [5, 5.41) is 8.47. The number of methoxy groups -OCH3 is 1. The van der Waals surface area contributed by atoms with Gasteiger partial charge in [0.25, 0.3) is 0 Å². The molecular weight excluding hydrogens is 220 g/mol. The summed E-state index contributed by atoms with van der Waals surface area (Å²) in [6.07, 6.45) is -0.220. The Bertz CT molecular complexity index is 506. The monoisotopic (exact) mass is 232 g/mol. The highest BCUT2D eigenvalue weighted by Crippen LogP contribution is 2.11. The maximum absolute atomic E-state index is 11.3. The molecule has 0 aliphatic carbocycles. The molecule has 0 bridgehead atoms. The minimum atomic E-state index is -0.973. The molecule has 0 fully saturated rings. The molecule has 17 heavy (non-hydrogen) atoms. The minimum Gasteiger partial charge on any atom is -0.481 e. The first-order valence-corrected chi connectivity index (χ1v) is 4.94. The molecule has 0 aliphatic rings. The van der Waals surface area contributed by atoms with Crippen LogP contribution >= 0.6 is 0 Å².